The molecule has 0 N–H and O–H groups in total. The van der Waals surface area contributed by atoms with Crippen LogP contribution in [-0.2, 0) is 6.18 Å². The number of rotatable bonds is 3. The van der Waals surface area contributed by atoms with E-state index < -0.39 is 29.6 Å². The molecule has 0 amide bonds. The molecule has 1 aromatic rings. The average Bonchev–Trinajstić information content (AvgIpc) is 2.19. The summed E-state index contributed by atoms with van der Waals surface area (Å²) in [5.74, 6) is -2.00. The molecular formula is C10H7F6IO2. The fraction of sp³-hybridized carbons (Fsp3) is 0.400. The third kappa shape index (κ3) is 4.32. The van der Waals surface area contributed by atoms with Gasteiger partial charge in [0, 0.05) is 0 Å². The first kappa shape index (κ1) is 16.2. The molecule has 0 saturated heterocycles. The van der Waals surface area contributed by atoms with Crippen LogP contribution < -0.4 is 9.47 Å². The van der Waals surface area contributed by atoms with Crippen molar-refractivity contribution in [1.82, 2.24) is 0 Å². The van der Waals surface area contributed by atoms with Crippen LogP contribution in [0.4, 0.5) is 26.3 Å². The van der Waals surface area contributed by atoms with E-state index in [2.05, 4.69) is 4.74 Å². The Kier molecular flexibility index (Phi) is 4.80. The van der Waals surface area contributed by atoms with Gasteiger partial charge in [-0.1, -0.05) is 0 Å². The number of ether oxygens (including phenoxy) is 2. The number of benzene rings is 1. The summed E-state index contributed by atoms with van der Waals surface area (Å²) in [6.45, 7) is 1.30. The Hall–Kier alpha value is -0.870. The van der Waals surface area contributed by atoms with Crippen molar-refractivity contribution in [2.45, 2.75) is 19.5 Å². The van der Waals surface area contributed by atoms with Crippen LogP contribution in [0, 0.1) is 3.57 Å². The SMILES string of the molecule is CCOc1ccc(I)c(OC(F)(F)F)c1C(F)(F)F. The molecule has 2 nitrogen and oxygen atoms in total. The number of hydrogen-bond acceptors (Lipinski definition) is 2. The zero-order valence-electron chi connectivity index (χ0n) is 9.32. The smallest absolute Gasteiger partial charge is 0.493 e. The monoisotopic (exact) mass is 400 g/mol. The van der Waals surface area contributed by atoms with E-state index in [-0.39, 0.29) is 10.2 Å². The van der Waals surface area contributed by atoms with Gasteiger partial charge in [0.15, 0.2) is 5.75 Å². The van der Waals surface area contributed by atoms with E-state index in [0.717, 1.165) is 12.1 Å². The lowest BCUT2D eigenvalue weighted by molar-refractivity contribution is -0.276. The molecule has 0 aliphatic carbocycles. The van der Waals surface area contributed by atoms with Crippen LogP contribution in [0.1, 0.15) is 12.5 Å². The molecule has 0 radical (unpaired) electrons. The topological polar surface area (TPSA) is 18.5 Å². The summed E-state index contributed by atoms with van der Waals surface area (Å²) >= 11 is 1.33. The Morgan fingerprint density at radius 3 is 2.11 bits per heavy atom. The van der Waals surface area contributed by atoms with Gasteiger partial charge in [-0.05, 0) is 41.6 Å². The minimum atomic E-state index is -5.22. The summed E-state index contributed by atoms with van der Waals surface area (Å²) in [7, 11) is 0. The van der Waals surface area contributed by atoms with Crippen LogP contribution in [0.3, 0.4) is 0 Å². The summed E-state index contributed by atoms with van der Waals surface area (Å²) in [4.78, 5) is 0. The van der Waals surface area contributed by atoms with Crippen molar-refractivity contribution in [1.29, 1.82) is 0 Å². The zero-order chi connectivity index (χ0) is 14.8. The van der Waals surface area contributed by atoms with Gasteiger partial charge in [-0.3, -0.25) is 0 Å². The lowest BCUT2D eigenvalue weighted by Gasteiger charge is -2.19. The minimum absolute atomic E-state index is 0.116. The number of halogens is 7. The Balaban J connectivity index is 3.45. The van der Waals surface area contributed by atoms with Crippen molar-refractivity contribution < 1.29 is 35.8 Å². The second kappa shape index (κ2) is 5.63. The first-order valence-electron chi connectivity index (χ1n) is 4.84. The predicted molar refractivity (Wildman–Crippen MR) is 62.0 cm³/mol. The van der Waals surface area contributed by atoms with Gasteiger partial charge in [0.05, 0.1) is 10.2 Å². The van der Waals surface area contributed by atoms with Gasteiger partial charge in [0.25, 0.3) is 0 Å². The van der Waals surface area contributed by atoms with Crippen molar-refractivity contribution in [2.24, 2.45) is 0 Å². The number of alkyl halides is 6. The van der Waals surface area contributed by atoms with Gasteiger partial charge in [-0.15, -0.1) is 13.2 Å². The van der Waals surface area contributed by atoms with Gasteiger partial charge in [0.2, 0.25) is 0 Å². The van der Waals surface area contributed by atoms with E-state index in [1.54, 1.807) is 0 Å². The van der Waals surface area contributed by atoms with Gasteiger partial charge in [-0.2, -0.15) is 13.2 Å². The average molecular weight is 400 g/mol. The Morgan fingerprint density at radius 1 is 1.11 bits per heavy atom. The van der Waals surface area contributed by atoms with Gasteiger partial charge in [0.1, 0.15) is 11.3 Å². The highest BCUT2D eigenvalue weighted by Crippen LogP contribution is 2.46. The fourth-order valence-corrected chi connectivity index (χ4v) is 1.86. The van der Waals surface area contributed by atoms with Gasteiger partial charge >= 0.3 is 12.5 Å². The summed E-state index contributed by atoms with van der Waals surface area (Å²) in [6.07, 6.45) is -10.2. The summed E-state index contributed by atoms with van der Waals surface area (Å²) < 4.78 is 82.9. The van der Waals surface area contributed by atoms with E-state index in [4.69, 9.17) is 4.74 Å². The Labute approximate surface area is 117 Å². The highest BCUT2D eigenvalue weighted by Gasteiger charge is 2.43. The van der Waals surface area contributed by atoms with Crippen molar-refractivity contribution in [3.8, 4) is 11.5 Å². The molecule has 0 atom stereocenters. The van der Waals surface area contributed by atoms with Crippen molar-refractivity contribution in [2.75, 3.05) is 6.61 Å². The fourth-order valence-electron chi connectivity index (χ4n) is 1.30. The Morgan fingerprint density at radius 2 is 1.68 bits per heavy atom. The molecule has 9 heteroatoms. The molecular weight excluding hydrogens is 393 g/mol. The third-order valence-corrected chi connectivity index (χ3v) is 2.72. The predicted octanol–water partition coefficient (Wildman–Crippen LogP) is 4.61. The molecule has 0 spiro atoms. The van der Waals surface area contributed by atoms with Crippen LogP contribution in [0.2, 0.25) is 0 Å². The number of hydrogen-bond donors (Lipinski definition) is 0. The van der Waals surface area contributed by atoms with Crippen LogP contribution in [-0.4, -0.2) is 13.0 Å². The maximum atomic E-state index is 12.9. The first-order valence-corrected chi connectivity index (χ1v) is 5.92. The second-order valence-electron chi connectivity index (χ2n) is 3.23. The first-order chi connectivity index (χ1) is 8.56. The molecule has 0 heterocycles. The highest BCUT2D eigenvalue weighted by molar-refractivity contribution is 14.1. The lowest BCUT2D eigenvalue weighted by atomic mass is 10.1. The lowest BCUT2D eigenvalue weighted by Crippen LogP contribution is -2.21. The minimum Gasteiger partial charge on any atom is -0.493 e. The molecule has 108 valence electrons. The molecule has 0 unspecified atom stereocenters. The summed E-state index contributed by atoms with van der Waals surface area (Å²) in [5.41, 5.74) is -1.57. The Bertz CT molecular complexity index is 455. The van der Waals surface area contributed by atoms with Crippen LogP contribution in [0.25, 0.3) is 0 Å². The van der Waals surface area contributed by atoms with E-state index in [9.17, 15) is 26.3 Å². The van der Waals surface area contributed by atoms with Crippen molar-refractivity contribution >= 4 is 22.6 Å². The van der Waals surface area contributed by atoms with Crippen LogP contribution in [0.15, 0.2) is 12.1 Å². The summed E-state index contributed by atoms with van der Waals surface area (Å²) in [5, 5.41) is 0. The molecule has 19 heavy (non-hydrogen) atoms. The van der Waals surface area contributed by atoms with Gasteiger partial charge in [-0.25, -0.2) is 0 Å². The van der Waals surface area contributed by atoms with E-state index in [1.165, 1.54) is 29.5 Å². The van der Waals surface area contributed by atoms with Crippen molar-refractivity contribution in [3.05, 3.63) is 21.3 Å². The highest BCUT2D eigenvalue weighted by atomic mass is 127. The molecule has 1 aromatic carbocycles. The third-order valence-electron chi connectivity index (χ3n) is 1.87. The normalized spacial score (nSPS) is 12.4. The van der Waals surface area contributed by atoms with E-state index in [0.29, 0.717) is 0 Å². The molecule has 0 saturated carbocycles. The molecule has 1 rings (SSSR count). The molecule has 0 aliphatic rings. The standard InChI is InChI=1S/C10H7F6IO2/c1-2-18-6-4-3-5(17)8(19-10(14,15)16)7(6)9(11,12)13/h3-4H,2H2,1H3. The van der Waals surface area contributed by atoms with Crippen LogP contribution >= 0.6 is 22.6 Å². The quantitative estimate of drug-likeness (QED) is 0.545. The molecule has 0 bridgehead atoms. The zero-order valence-corrected chi connectivity index (χ0v) is 11.5. The van der Waals surface area contributed by atoms with E-state index in [1.807, 2.05) is 0 Å². The van der Waals surface area contributed by atoms with Crippen molar-refractivity contribution in [3.63, 3.8) is 0 Å². The molecule has 0 aromatic heterocycles. The largest absolute Gasteiger partial charge is 0.573 e. The molecule has 0 fully saturated rings. The summed E-state index contributed by atoms with van der Waals surface area (Å²) in [6, 6.07) is 2.01. The van der Waals surface area contributed by atoms with Crippen LogP contribution in [0.5, 0.6) is 11.5 Å². The van der Waals surface area contributed by atoms with E-state index >= 15 is 0 Å². The maximum Gasteiger partial charge on any atom is 0.573 e. The van der Waals surface area contributed by atoms with Gasteiger partial charge < -0.3 is 9.47 Å². The molecule has 0 aliphatic heterocycles. The maximum absolute atomic E-state index is 12.9. The second-order valence-corrected chi connectivity index (χ2v) is 4.39.